The number of ether oxygens (including phenoxy) is 2. The van der Waals surface area contributed by atoms with E-state index in [-0.39, 0.29) is 6.10 Å². The molecule has 0 radical (unpaired) electrons. The van der Waals surface area contributed by atoms with Gasteiger partial charge in [0, 0.05) is 16.5 Å². The summed E-state index contributed by atoms with van der Waals surface area (Å²) in [5.41, 5.74) is 6.54. The average molecular weight is 503 g/mol. The van der Waals surface area contributed by atoms with Crippen LogP contribution < -0.4 is 14.8 Å². The SMILES string of the molecule is COc1ccccc1-c1csc2cnc(Nc3cc(C)c(C4CCN(C)CC4)cc3OC(C)C)nc12. The molecule has 2 aromatic carbocycles. The van der Waals surface area contributed by atoms with E-state index in [0.29, 0.717) is 11.9 Å². The van der Waals surface area contributed by atoms with E-state index in [9.17, 15) is 0 Å². The third kappa shape index (κ3) is 5.04. The number of piperidine rings is 1. The summed E-state index contributed by atoms with van der Waals surface area (Å²) in [5, 5.41) is 5.58. The molecule has 7 heteroatoms. The highest BCUT2D eigenvalue weighted by Gasteiger charge is 2.22. The summed E-state index contributed by atoms with van der Waals surface area (Å²) in [7, 11) is 3.90. The first kappa shape index (κ1) is 24.5. The summed E-state index contributed by atoms with van der Waals surface area (Å²) in [6.07, 6.45) is 4.30. The number of methoxy groups -OCH3 is 1. The van der Waals surface area contributed by atoms with Crippen LogP contribution in [0.1, 0.15) is 43.7 Å². The Hall–Kier alpha value is -3.16. The largest absolute Gasteiger partial charge is 0.496 e. The van der Waals surface area contributed by atoms with Crippen molar-refractivity contribution in [1.29, 1.82) is 0 Å². The lowest BCUT2D eigenvalue weighted by atomic mass is 9.86. The number of aromatic nitrogens is 2. The standard InChI is InChI=1S/C29H34N4O2S/c1-18(2)35-26-15-22(20-10-12-33(4)13-11-20)19(3)14-24(26)31-29-30-16-27-28(32-29)23(17-36-27)21-8-6-7-9-25(21)34-5/h6-9,14-18,20H,10-13H2,1-5H3,(H,30,31,32). The first-order valence-electron chi connectivity index (χ1n) is 12.6. The molecule has 1 saturated heterocycles. The number of para-hydroxylation sites is 1. The van der Waals surface area contributed by atoms with Crippen LogP contribution in [0.15, 0.2) is 48.0 Å². The van der Waals surface area contributed by atoms with Gasteiger partial charge in [0.25, 0.3) is 0 Å². The molecule has 5 rings (SSSR count). The Morgan fingerprint density at radius 2 is 1.86 bits per heavy atom. The van der Waals surface area contributed by atoms with E-state index in [1.54, 1.807) is 18.4 Å². The van der Waals surface area contributed by atoms with Gasteiger partial charge in [-0.05, 0) is 89.0 Å². The minimum atomic E-state index is 0.0658. The zero-order valence-electron chi connectivity index (χ0n) is 21.7. The quantitative estimate of drug-likeness (QED) is 0.293. The summed E-state index contributed by atoms with van der Waals surface area (Å²) in [5.74, 6) is 2.80. The molecule has 4 aromatic rings. The van der Waals surface area contributed by atoms with E-state index >= 15 is 0 Å². The van der Waals surface area contributed by atoms with Gasteiger partial charge in [-0.3, -0.25) is 0 Å². The van der Waals surface area contributed by atoms with E-state index < -0.39 is 0 Å². The number of rotatable bonds is 7. The Morgan fingerprint density at radius 1 is 1.08 bits per heavy atom. The maximum absolute atomic E-state index is 6.28. The molecule has 1 fully saturated rings. The number of hydrogen-bond acceptors (Lipinski definition) is 7. The monoisotopic (exact) mass is 502 g/mol. The number of nitrogens with zero attached hydrogens (tertiary/aromatic N) is 3. The van der Waals surface area contributed by atoms with E-state index in [2.05, 4.69) is 66.6 Å². The van der Waals surface area contributed by atoms with Gasteiger partial charge in [0.05, 0.1) is 35.3 Å². The molecule has 188 valence electrons. The lowest BCUT2D eigenvalue weighted by molar-refractivity contribution is 0.241. The second-order valence-corrected chi connectivity index (χ2v) is 10.7. The van der Waals surface area contributed by atoms with Gasteiger partial charge in [-0.1, -0.05) is 18.2 Å². The van der Waals surface area contributed by atoms with Gasteiger partial charge >= 0.3 is 0 Å². The second-order valence-electron chi connectivity index (χ2n) is 9.83. The molecule has 6 nitrogen and oxygen atoms in total. The fourth-order valence-corrected chi connectivity index (χ4v) is 5.84. The van der Waals surface area contributed by atoms with Gasteiger partial charge in [0.2, 0.25) is 5.95 Å². The minimum absolute atomic E-state index is 0.0658. The highest BCUT2D eigenvalue weighted by molar-refractivity contribution is 7.17. The van der Waals surface area contributed by atoms with Gasteiger partial charge < -0.3 is 19.7 Å². The number of benzene rings is 2. The summed E-state index contributed by atoms with van der Waals surface area (Å²) in [6.45, 7) is 8.58. The number of likely N-dealkylation sites (tertiary alicyclic amines) is 1. The Kier molecular flexibility index (Phi) is 7.12. The molecule has 0 atom stereocenters. The first-order chi connectivity index (χ1) is 17.4. The van der Waals surface area contributed by atoms with Crippen LogP contribution in [0, 0.1) is 6.92 Å². The van der Waals surface area contributed by atoms with Gasteiger partial charge in [0.1, 0.15) is 11.5 Å². The van der Waals surface area contributed by atoms with Crippen molar-refractivity contribution in [2.45, 2.75) is 45.6 Å². The van der Waals surface area contributed by atoms with E-state index in [0.717, 1.165) is 51.6 Å². The fraction of sp³-hybridized carbons (Fsp3) is 0.379. The van der Waals surface area contributed by atoms with E-state index in [1.807, 2.05) is 24.4 Å². The van der Waals surface area contributed by atoms with Crippen molar-refractivity contribution in [3.05, 3.63) is 59.1 Å². The lowest BCUT2D eigenvalue weighted by Crippen LogP contribution is -2.29. The number of fused-ring (bicyclic) bond motifs is 1. The van der Waals surface area contributed by atoms with Crippen molar-refractivity contribution in [2.75, 3.05) is 32.6 Å². The Labute approximate surface area is 217 Å². The van der Waals surface area contributed by atoms with Crippen LogP contribution in [0.5, 0.6) is 11.5 Å². The molecular formula is C29H34N4O2S. The molecule has 0 unspecified atom stereocenters. The van der Waals surface area contributed by atoms with Crippen molar-refractivity contribution in [3.8, 4) is 22.6 Å². The van der Waals surface area contributed by atoms with Gasteiger partial charge in [-0.15, -0.1) is 11.3 Å². The zero-order valence-corrected chi connectivity index (χ0v) is 22.5. The highest BCUT2D eigenvalue weighted by atomic mass is 32.1. The Morgan fingerprint density at radius 3 is 2.61 bits per heavy atom. The predicted molar refractivity (Wildman–Crippen MR) is 149 cm³/mol. The number of nitrogens with one attached hydrogen (secondary N) is 1. The molecule has 0 spiro atoms. The molecule has 0 amide bonds. The second kappa shape index (κ2) is 10.4. The molecule has 0 aliphatic carbocycles. The topological polar surface area (TPSA) is 59.5 Å². The van der Waals surface area contributed by atoms with Crippen molar-refractivity contribution in [1.82, 2.24) is 14.9 Å². The maximum Gasteiger partial charge on any atom is 0.227 e. The summed E-state index contributed by atoms with van der Waals surface area (Å²) < 4.78 is 12.9. The summed E-state index contributed by atoms with van der Waals surface area (Å²) >= 11 is 1.64. The van der Waals surface area contributed by atoms with E-state index in [1.165, 1.54) is 24.0 Å². The predicted octanol–water partition coefficient (Wildman–Crippen LogP) is 7.02. The maximum atomic E-state index is 6.28. The third-order valence-corrected chi connectivity index (χ3v) is 7.75. The Balaban J connectivity index is 1.50. The number of hydrogen-bond donors (Lipinski definition) is 1. The molecule has 36 heavy (non-hydrogen) atoms. The van der Waals surface area contributed by atoms with Crippen LogP contribution >= 0.6 is 11.3 Å². The van der Waals surface area contributed by atoms with Crippen LogP contribution in [0.25, 0.3) is 21.3 Å². The minimum Gasteiger partial charge on any atom is -0.496 e. The number of thiophene rings is 1. The zero-order chi connectivity index (χ0) is 25.2. The fourth-order valence-electron chi connectivity index (χ4n) is 4.98. The van der Waals surface area contributed by atoms with Crippen LogP contribution in [0.4, 0.5) is 11.6 Å². The number of aryl methyl sites for hydroxylation is 1. The van der Waals surface area contributed by atoms with Crippen LogP contribution in [0.3, 0.4) is 0 Å². The third-order valence-electron chi connectivity index (χ3n) is 6.85. The Bertz CT molecular complexity index is 1360. The molecule has 2 aromatic heterocycles. The normalized spacial score (nSPS) is 14.9. The van der Waals surface area contributed by atoms with Crippen LogP contribution in [-0.2, 0) is 0 Å². The molecule has 1 N–H and O–H groups in total. The van der Waals surface area contributed by atoms with Gasteiger partial charge in [-0.25, -0.2) is 9.97 Å². The van der Waals surface area contributed by atoms with Crippen LogP contribution in [-0.4, -0.2) is 48.2 Å². The molecular weight excluding hydrogens is 468 g/mol. The molecule has 1 aliphatic rings. The lowest BCUT2D eigenvalue weighted by Gasteiger charge is -2.30. The van der Waals surface area contributed by atoms with Crippen molar-refractivity contribution in [2.24, 2.45) is 0 Å². The molecule has 1 aliphatic heterocycles. The molecule has 0 bridgehead atoms. The van der Waals surface area contributed by atoms with Gasteiger partial charge in [0.15, 0.2) is 0 Å². The molecule has 3 heterocycles. The van der Waals surface area contributed by atoms with Gasteiger partial charge in [-0.2, -0.15) is 0 Å². The van der Waals surface area contributed by atoms with Crippen molar-refractivity contribution >= 4 is 33.2 Å². The average Bonchev–Trinajstić information content (AvgIpc) is 3.29. The molecule has 0 saturated carbocycles. The number of anilines is 2. The van der Waals surface area contributed by atoms with Crippen LogP contribution in [0.2, 0.25) is 0 Å². The first-order valence-corrected chi connectivity index (χ1v) is 13.4. The smallest absolute Gasteiger partial charge is 0.227 e. The summed E-state index contributed by atoms with van der Waals surface area (Å²) in [4.78, 5) is 11.9. The van der Waals surface area contributed by atoms with E-state index in [4.69, 9.17) is 14.5 Å². The highest BCUT2D eigenvalue weighted by Crippen LogP contribution is 2.40. The van der Waals surface area contributed by atoms with Crippen molar-refractivity contribution < 1.29 is 9.47 Å². The summed E-state index contributed by atoms with van der Waals surface area (Å²) in [6, 6.07) is 12.5. The van der Waals surface area contributed by atoms with Crippen molar-refractivity contribution in [3.63, 3.8) is 0 Å².